The number of urea groups is 1. The maximum absolute atomic E-state index is 13.3. The topological polar surface area (TPSA) is 114 Å². The number of carbonyl (C=O) groups is 1. The molecular formula is C24H31N5O4S. The summed E-state index contributed by atoms with van der Waals surface area (Å²) >= 11 is 0. The number of carbonyl (C=O) groups excluding carboxylic acids is 1. The van der Waals surface area contributed by atoms with E-state index in [-0.39, 0.29) is 18.1 Å². The fourth-order valence-electron chi connectivity index (χ4n) is 4.70. The summed E-state index contributed by atoms with van der Waals surface area (Å²) in [5, 5.41) is 5.05. The Balaban J connectivity index is 1.55. The van der Waals surface area contributed by atoms with Crippen molar-refractivity contribution in [3.05, 3.63) is 35.5 Å². The van der Waals surface area contributed by atoms with Crippen molar-refractivity contribution < 1.29 is 17.9 Å². The molecule has 2 fully saturated rings. The molecule has 0 unspecified atom stereocenters. The van der Waals surface area contributed by atoms with Crippen LogP contribution < -0.4 is 15.5 Å². The minimum absolute atomic E-state index is 0.0655. The molecule has 0 spiro atoms. The van der Waals surface area contributed by atoms with Crippen LogP contribution >= 0.6 is 0 Å². The first-order valence-electron chi connectivity index (χ1n) is 11.8. The molecule has 10 heteroatoms. The van der Waals surface area contributed by atoms with Crippen molar-refractivity contribution in [2.24, 2.45) is 0 Å². The monoisotopic (exact) mass is 485 g/mol. The first-order chi connectivity index (χ1) is 16.1. The predicted octanol–water partition coefficient (Wildman–Crippen LogP) is 3.38. The van der Waals surface area contributed by atoms with Crippen molar-refractivity contribution in [2.45, 2.75) is 62.6 Å². The van der Waals surface area contributed by atoms with Crippen LogP contribution in [-0.4, -0.2) is 56.3 Å². The molecule has 3 heterocycles. The van der Waals surface area contributed by atoms with Gasteiger partial charge in [0.25, 0.3) is 0 Å². The van der Waals surface area contributed by atoms with E-state index in [4.69, 9.17) is 14.7 Å². The van der Waals surface area contributed by atoms with E-state index in [0.717, 1.165) is 18.4 Å². The smallest absolute Gasteiger partial charge is 0.319 e. The Morgan fingerprint density at radius 1 is 1.15 bits per heavy atom. The number of anilines is 2. The Morgan fingerprint density at radius 3 is 2.50 bits per heavy atom. The Morgan fingerprint density at radius 2 is 1.85 bits per heavy atom. The van der Waals surface area contributed by atoms with Gasteiger partial charge in [-0.2, -0.15) is 0 Å². The molecule has 0 radical (unpaired) electrons. The third kappa shape index (κ3) is 3.82. The lowest BCUT2D eigenvalue weighted by Crippen LogP contribution is -2.44. The number of amides is 2. The molecule has 3 aliphatic rings. The van der Waals surface area contributed by atoms with Crippen LogP contribution in [-0.2, 0) is 19.3 Å². The molecule has 5 rings (SSSR count). The quantitative estimate of drug-likeness (QED) is 0.682. The summed E-state index contributed by atoms with van der Waals surface area (Å²) in [5.74, 6) is 1.14. The molecule has 2 N–H and O–H groups in total. The molecule has 1 saturated heterocycles. The van der Waals surface area contributed by atoms with Gasteiger partial charge in [0.15, 0.2) is 15.7 Å². The lowest BCUT2D eigenvalue weighted by Gasteiger charge is -2.36. The number of nitrogens with zero attached hydrogens (tertiary/aromatic N) is 3. The Hall–Kier alpha value is -2.72. The van der Waals surface area contributed by atoms with Gasteiger partial charge in [0, 0.05) is 29.4 Å². The average Bonchev–Trinajstić information content (AvgIpc) is 3.60. The van der Waals surface area contributed by atoms with Gasteiger partial charge < -0.3 is 20.3 Å². The number of rotatable bonds is 4. The van der Waals surface area contributed by atoms with Gasteiger partial charge >= 0.3 is 6.03 Å². The Labute approximate surface area is 200 Å². The van der Waals surface area contributed by atoms with Crippen LogP contribution in [0.5, 0.6) is 0 Å². The fraction of sp³-hybridized carbons (Fsp3) is 0.542. The lowest BCUT2D eigenvalue weighted by molar-refractivity contribution is 0.0984. The van der Waals surface area contributed by atoms with Gasteiger partial charge in [0.2, 0.25) is 0 Å². The summed E-state index contributed by atoms with van der Waals surface area (Å²) in [7, 11) is -3.48. The number of nitrogens with one attached hydrogen (secondary N) is 2. The van der Waals surface area contributed by atoms with Gasteiger partial charge in [-0.3, -0.25) is 0 Å². The van der Waals surface area contributed by atoms with Crippen LogP contribution in [0, 0.1) is 0 Å². The number of aromatic nitrogens is 2. The molecule has 34 heavy (non-hydrogen) atoms. The van der Waals surface area contributed by atoms with Crippen molar-refractivity contribution >= 4 is 27.4 Å². The number of hydrogen-bond donors (Lipinski definition) is 2. The maximum Gasteiger partial charge on any atom is 0.319 e. The van der Waals surface area contributed by atoms with Crippen molar-refractivity contribution in [1.82, 2.24) is 15.3 Å². The molecular weight excluding hydrogens is 454 g/mol. The molecule has 182 valence electrons. The Kier molecular flexibility index (Phi) is 5.55. The first kappa shape index (κ1) is 23.0. The van der Waals surface area contributed by atoms with Crippen LogP contribution in [0.2, 0.25) is 0 Å². The summed E-state index contributed by atoms with van der Waals surface area (Å²) in [6, 6.07) is 7.44. The highest BCUT2D eigenvalue weighted by Gasteiger charge is 2.53. The lowest BCUT2D eigenvalue weighted by atomic mass is 10.0. The second-order valence-corrected chi connectivity index (χ2v) is 12.7. The largest absolute Gasteiger partial charge is 0.377 e. The van der Waals surface area contributed by atoms with E-state index in [1.54, 1.807) is 32.9 Å². The van der Waals surface area contributed by atoms with Crippen molar-refractivity contribution in [2.75, 3.05) is 30.0 Å². The van der Waals surface area contributed by atoms with Gasteiger partial charge in [-0.25, -0.2) is 23.2 Å². The number of sulfone groups is 1. The molecule has 2 amide bonds. The molecule has 1 aliphatic carbocycles. The van der Waals surface area contributed by atoms with Crippen LogP contribution in [0.4, 0.5) is 16.3 Å². The molecule has 1 aromatic carbocycles. The van der Waals surface area contributed by atoms with Crippen molar-refractivity contribution in [3.63, 3.8) is 0 Å². The van der Waals surface area contributed by atoms with E-state index in [1.165, 1.54) is 0 Å². The minimum atomic E-state index is -3.48. The number of benzene rings is 1. The molecule has 0 bridgehead atoms. The van der Waals surface area contributed by atoms with E-state index in [0.29, 0.717) is 48.3 Å². The minimum Gasteiger partial charge on any atom is -0.377 e. The molecule has 9 nitrogen and oxygen atoms in total. The van der Waals surface area contributed by atoms with Crippen LogP contribution in [0.1, 0.15) is 57.0 Å². The van der Waals surface area contributed by atoms with Crippen LogP contribution in [0.25, 0.3) is 11.4 Å². The van der Waals surface area contributed by atoms with E-state index >= 15 is 0 Å². The van der Waals surface area contributed by atoms with Gasteiger partial charge in [-0.15, -0.1) is 0 Å². The highest BCUT2D eigenvalue weighted by molar-refractivity contribution is 7.92. The van der Waals surface area contributed by atoms with Crippen molar-refractivity contribution in [1.29, 1.82) is 0 Å². The first-order valence-corrected chi connectivity index (χ1v) is 13.3. The summed E-state index contributed by atoms with van der Waals surface area (Å²) in [6.07, 6.45) is 2.05. The van der Waals surface area contributed by atoms with Gasteiger partial charge in [0.05, 0.1) is 30.2 Å². The summed E-state index contributed by atoms with van der Waals surface area (Å²) in [5.41, 5.74) is 2.68. The van der Waals surface area contributed by atoms with E-state index in [2.05, 4.69) is 22.5 Å². The normalized spacial score (nSPS) is 25.0. The SMILES string of the molecule is C[C@@H]1c2c(N3CCOC[C@@H]3C)nc(-c3ccc(NC(=O)NC4CC4)cc3)nc2C(C)(C)S1(=O)=O. The predicted molar refractivity (Wildman–Crippen MR) is 131 cm³/mol. The average molecular weight is 486 g/mol. The third-order valence-electron chi connectivity index (χ3n) is 7.03. The number of fused-ring (bicyclic) bond motifs is 1. The molecule has 2 aromatic rings. The fourth-order valence-corrected chi connectivity index (χ4v) is 6.53. The number of morpholine rings is 1. The second-order valence-electron chi connectivity index (χ2n) is 9.90. The van der Waals surface area contributed by atoms with Crippen LogP contribution in [0.15, 0.2) is 24.3 Å². The third-order valence-corrected chi connectivity index (χ3v) is 9.81. The number of ether oxygens (including phenoxy) is 1. The molecule has 2 aliphatic heterocycles. The molecule has 1 aromatic heterocycles. The summed E-state index contributed by atoms with van der Waals surface area (Å²) in [4.78, 5) is 23.9. The highest BCUT2D eigenvalue weighted by Crippen LogP contribution is 2.51. The molecule has 2 atom stereocenters. The molecule has 1 saturated carbocycles. The number of hydrogen-bond acceptors (Lipinski definition) is 7. The van der Waals surface area contributed by atoms with E-state index in [9.17, 15) is 13.2 Å². The summed E-state index contributed by atoms with van der Waals surface area (Å²) in [6.45, 7) is 8.98. The Bertz CT molecular complexity index is 1220. The summed E-state index contributed by atoms with van der Waals surface area (Å²) < 4.78 is 31.1. The van der Waals surface area contributed by atoms with Crippen molar-refractivity contribution in [3.8, 4) is 11.4 Å². The van der Waals surface area contributed by atoms with Gasteiger partial charge in [-0.05, 0) is 64.8 Å². The second kappa shape index (κ2) is 8.20. The van der Waals surface area contributed by atoms with E-state index in [1.807, 2.05) is 12.1 Å². The van der Waals surface area contributed by atoms with E-state index < -0.39 is 19.8 Å². The maximum atomic E-state index is 13.3. The highest BCUT2D eigenvalue weighted by atomic mass is 32.2. The van der Waals surface area contributed by atoms with Crippen LogP contribution in [0.3, 0.4) is 0 Å². The zero-order chi connectivity index (χ0) is 24.3. The van der Waals surface area contributed by atoms with Gasteiger partial charge in [-0.1, -0.05) is 0 Å². The zero-order valence-corrected chi connectivity index (χ0v) is 20.8. The standard InChI is InChI=1S/C24H31N5O4S/c1-14-13-33-12-11-29(14)22-19-15(2)34(31,32)24(3,4)20(19)27-21(28-22)16-5-7-17(8-6-16)25-23(30)26-18-9-10-18/h5-8,14-15,18H,9-13H2,1-4H3,(H2,25,26,30)/t14-,15+/m0/s1. The zero-order valence-electron chi connectivity index (χ0n) is 20.0. The van der Waals surface area contributed by atoms with Gasteiger partial charge in [0.1, 0.15) is 10.6 Å².